The van der Waals surface area contributed by atoms with Gasteiger partial charge in [0, 0.05) is 11.9 Å². The van der Waals surface area contributed by atoms with Crippen molar-refractivity contribution in [3.63, 3.8) is 0 Å². The maximum atomic E-state index is 11.7. The average molecular weight is 290 g/mol. The minimum absolute atomic E-state index is 0.00850. The Bertz CT molecular complexity index is 513. The Labute approximate surface area is 125 Å². The minimum Gasteiger partial charge on any atom is -0.462 e. The monoisotopic (exact) mass is 290 g/mol. The normalized spacial score (nSPS) is 11.2. The van der Waals surface area contributed by atoms with Crippen molar-refractivity contribution in [1.29, 1.82) is 0 Å². The zero-order valence-corrected chi connectivity index (χ0v) is 12.9. The highest BCUT2D eigenvalue weighted by atomic mass is 16.5. The first kappa shape index (κ1) is 16.8. The van der Waals surface area contributed by atoms with Crippen LogP contribution >= 0.6 is 0 Å². The summed E-state index contributed by atoms with van der Waals surface area (Å²) in [4.78, 5) is 23.1. The first-order valence-electron chi connectivity index (χ1n) is 6.84. The molecule has 5 heteroatoms. The molecule has 0 radical (unpaired) electrons. The molecule has 0 aliphatic heterocycles. The van der Waals surface area contributed by atoms with Crippen molar-refractivity contribution in [2.45, 2.75) is 27.7 Å². The van der Waals surface area contributed by atoms with Gasteiger partial charge in [-0.3, -0.25) is 0 Å². The van der Waals surface area contributed by atoms with Crippen LogP contribution < -0.4 is 10.6 Å². The molecular formula is C16H22N2O3. The van der Waals surface area contributed by atoms with Gasteiger partial charge in [0.05, 0.1) is 12.2 Å². The SMILES string of the molecule is CCOC(=O)c1ccc(NC(=O)N/C=C/C(C)(C)C)cc1. The van der Waals surface area contributed by atoms with E-state index in [0.29, 0.717) is 17.9 Å². The van der Waals surface area contributed by atoms with Gasteiger partial charge < -0.3 is 15.4 Å². The number of carbonyl (C=O) groups is 2. The van der Waals surface area contributed by atoms with Gasteiger partial charge in [-0.1, -0.05) is 26.8 Å². The van der Waals surface area contributed by atoms with Crippen molar-refractivity contribution in [3.05, 3.63) is 42.1 Å². The molecule has 2 amide bonds. The number of urea groups is 1. The van der Waals surface area contributed by atoms with Gasteiger partial charge in [0.2, 0.25) is 0 Å². The summed E-state index contributed by atoms with van der Waals surface area (Å²) < 4.78 is 4.89. The van der Waals surface area contributed by atoms with Crippen molar-refractivity contribution < 1.29 is 14.3 Å². The number of rotatable bonds is 4. The Balaban J connectivity index is 2.54. The lowest BCUT2D eigenvalue weighted by molar-refractivity contribution is 0.0526. The summed E-state index contributed by atoms with van der Waals surface area (Å²) in [7, 11) is 0. The van der Waals surface area contributed by atoms with Gasteiger partial charge in [-0.05, 0) is 36.6 Å². The van der Waals surface area contributed by atoms with Gasteiger partial charge in [-0.25, -0.2) is 9.59 Å². The predicted molar refractivity (Wildman–Crippen MR) is 83.1 cm³/mol. The first-order valence-corrected chi connectivity index (χ1v) is 6.84. The Morgan fingerprint density at radius 1 is 1.19 bits per heavy atom. The smallest absolute Gasteiger partial charge is 0.338 e. The Morgan fingerprint density at radius 2 is 1.81 bits per heavy atom. The van der Waals surface area contributed by atoms with Crippen molar-refractivity contribution in [3.8, 4) is 0 Å². The molecule has 0 atom stereocenters. The molecule has 0 bridgehead atoms. The van der Waals surface area contributed by atoms with E-state index in [1.165, 1.54) is 0 Å². The molecular weight excluding hydrogens is 268 g/mol. The van der Waals surface area contributed by atoms with Crippen LogP contribution in [-0.4, -0.2) is 18.6 Å². The van der Waals surface area contributed by atoms with Crippen molar-refractivity contribution in [1.82, 2.24) is 5.32 Å². The summed E-state index contributed by atoms with van der Waals surface area (Å²) >= 11 is 0. The zero-order chi connectivity index (χ0) is 15.9. The molecule has 1 aromatic rings. The van der Waals surface area contributed by atoms with Crippen LogP contribution in [0.1, 0.15) is 38.1 Å². The zero-order valence-electron chi connectivity index (χ0n) is 12.9. The molecule has 5 nitrogen and oxygen atoms in total. The Hall–Kier alpha value is -2.30. The van der Waals surface area contributed by atoms with Gasteiger partial charge in [0.15, 0.2) is 0 Å². The number of anilines is 1. The van der Waals surface area contributed by atoms with Crippen molar-refractivity contribution in [2.24, 2.45) is 5.41 Å². The number of esters is 1. The summed E-state index contributed by atoms with van der Waals surface area (Å²) in [6.07, 6.45) is 3.51. The maximum Gasteiger partial charge on any atom is 0.338 e. The molecule has 0 aliphatic carbocycles. The molecule has 0 heterocycles. The molecule has 1 rings (SSSR count). The number of amides is 2. The first-order chi connectivity index (χ1) is 9.81. The lowest BCUT2D eigenvalue weighted by Gasteiger charge is -2.11. The molecule has 0 aromatic heterocycles. The third-order valence-corrected chi connectivity index (χ3v) is 2.45. The molecule has 0 saturated heterocycles. The third kappa shape index (κ3) is 6.61. The summed E-state index contributed by atoms with van der Waals surface area (Å²) in [5, 5.41) is 5.30. The van der Waals surface area contributed by atoms with Gasteiger partial charge in [-0.15, -0.1) is 0 Å². The summed E-state index contributed by atoms with van der Waals surface area (Å²) in [6.45, 7) is 8.20. The fraction of sp³-hybridized carbons (Fsp3) is 0.375. The molecule has 0 fully saturated rings. The minimum atomic E-state index is -0.374. The topological polar surface area (TPSA) is 67.4 Å². The quantitative estimate of drug-likeness (QED) is 0.833. The Morgan fingerprint density at radius 3 is 2.33 bits per heavy atom. The molecule has 21 heavy (non-hydrogen) atoms. The third-order valence-electron chi connectivity index (χ3n) is 2.45. The van der Waals surface area contributed by atoms with E-state index in [9.17, 15) is 9.59 Å². The number of carbonyl (C=O) groups excluding carboxylic acids is 2. The van der Waals surface area contributed by atoms with Crippen LogP contribution in [0.5, 0.6) is 0 Å². The molecule has 0 unspecified atom stereocenters. The van der Waals surface area contributed by atoms with Crippen LogP contribution in [0.4, 0.5) is 10.5 Å². The number of hydrogen-bond acceptors (Lipinski definition) is 3. The van der Waals surface area contributed by atoms with E-state index in [2.05, 4.69) is 10.6 Å². The Kier molecular flexibility index (Phi) is 5.96. The molecule has 0 saturated carbocycles. The van der Waals surface area contributed by atoms with Gasteiger partial charge in [0.25, 0.3) is 0 Å². The van der Waals surface area contributed by atoms with E-state index in [1.54, 1.807) is 37.4 Å². The van der Waals surface area contributed by atoms with Crippen LogP contribution in [0.25, 0.3) is 0 Å². The standard InChI is InChI=1S/C16H22N2O3/c1-5-21-14(19)12-6-8-13(9-7-12)18-15(20)17-11-10-16(2,3)4/h6-11H,5H2,1-4H3,(H2,17,18,20)/b11-10+. The summed E-state index contributed by atoms with van der Waals surface area (Å²) in [5.74, 6) is -0.374. The van der Waals surface area contributed by atoms with E-state index in [4.69, 9.17) is 4.74 Å². The van der Waals surface area contributed by atoms with Crippen molar-refractivity contribution in [2.75, 3.05) is 11.9 Å². The highest BCUT2D eigenvalue weighted by Crippen LogP contribution is 2.14. The number of allylic oxidation sites excluding steroid dienone is 1. The van der Waals surface area contributed by atoms with Crippen LogP contribution in [0, 0.1) is 5.41 Å². The maximum absolute atomic E-state index is 11.7. The van der Waals surface area contributed by atoms with E-state index in [-0.39, 0.29) is 17.4 Å². The number of hydrogen-bond donors (Lipinski definition) is 2. The lowest BCUT2D eigenvalue weighted by atomic mass is 9.97. The van der Waals surface area contributed by atoms with Crippen LogP contribution in [0.2, 0.25) is 0 Å². The second kappa shape index (κ2) is 7.47. The molecule has 1 aromatic carbocycles. The number of ether oxygens (including phenoxy) is 1. The summed E-state index contributed by atoms with van der Waals surface area (Å²) in [6, 6.07) is 6.19. The number of benzene rings is 1. The van der Waals surface area contributed by atoms with Crippen LogP contribution in [0.3, 0.4) is 0 Å². The molecule has 0 aliphatic rings. The van der Waals surface area contributed by atoms with Gasteiger partial charge in [0.1, 0.15) is 0 Å². The highest BCUT2D eigenvalue weighted by Gasteiger charge is 2.07. The second-order valence-electron chi connectivity index (χ2n) is 5.60. The predicted octanol–water partition coefficient (Wildman–Crippen LogP) is 3.54. The van der Waals surface area contributed by atoms with E-state index in [0.717, 1.165) is 0 Å². The van der Waals surface area contributed by atoms with E-state index < -0.39 is 0 Å². The fourth-order valence-corrected chi connectivity index (χ4v) is 1.44. The van der Waals surface area contributed by atoms with Gasteiger partial charge in [-0.2, -0.15) is 0 Å². The fourth-order valence-electron chi connectivity index (χ4n) is 1.44. The van der Waals surface area contributed by atoms with Crippen LogP contribution in [-0.2, 0) is 4.74 Å². The lowest BCUT2D eigenvalue weighted by Crippen LogP contribution is -2.24. The molecule has 2 N–H and O–H groups in total. The highest BCUT2D eigenvalue weighted by molar-refractivity contribution is 5.92. The van der Waals surface area contributed by atoms with Crippen molar-refractivity contribution >= 4 is 17.7 Å². The van der Waals surface area contributed by atoms with E-state index >= 15 is 0 Å². The van der Waals surface area contributed by atoms with Gasteiger partial charge >= 0.3 is 12.0 Å². The average Bonchev–Trinajstić information content (AvgIpc) is 2.38. The summed E-state index contributed by atoms with van der Waals surface area (Å²) in [5.41, 5.74) is 1.06. The molecule has 0 spiro atoms. The second-order valence-corrected chi connectivity index (χ2v) is 5.60. The van der Waals surface area contributed by atoms with Crippen LogP contribution in [0.15, 0.2) is 36.5 Å². The molecule has 114 valence electrons. The van der Waals surface area contributed by atoms with E-state index in [1.807, 2.05) is 26.8 Å². The largest absolute Gasteiger partial charge is 0.462 e. The number of nitrogens with one attached hydrogen (secondary N) is 2.